The Morgan fingerprint density at radius 3 is 2.88 bits per heavy atom. The van der Waals surface area contributed by atoms with Gasteiger partial charge in [0.25, 0.3) is 0 Å². The molecule has 0 saturated carbocycles. The zero-order chi connectivity index (χ0) is 11.4. The third-order valence-electron chi connectivity index (χ3n) is 3.50. The first-order valence-corrected chi connectivity index (χ1v) is 6.08. The molecular formula is C11H21N3O2. The van der Waals surface area contributed by atoms with Crippen molar-refractivity contribution in [2.75, 3.05) is 39.9 Å². The number of nitrogens with one attached hydrogen (secondary N) is 2. The number of carbonyl (C=O) groups is 1. The summed E-state index contributed by atoms with van der Waals surface area (Å²) in [5, 5.41) is 6.08. The van der Waals surface area contributed by atoms with Crippen LogP contribution in [0.15, 0.2) is 0 Å². The van der Waals surface area contributed by atoms with E-state index in [2.05, 4.69) is 15.5 Å². The van der Waals surface area contributed by atoms with Crippen LogP contribution in [0.5, 0.6) is 0 Å². The largest absolute Gasteiger partial charge is 0.378 e. The van der Waals surface area contributed by atoms with Gasteiger partial charge in [-0.25, -0.2) is 0 Å². The number of hydrogen-bond donors (Lipinski definition) is 2. The lowest BCUT2D eigenvalue weighted by molar-refractivity contribution is -0.134. The molecule has 5 heteroatoms. The van der Waals surface area contributed by atoms with Gasteiger partial charge in [0.05, 0.1) is 13.2 Å². The van der Waals surface area contributed by atoms with Crippen LogP contribution in [0.25, 0.3) is 0 Å². The van der Waals surface area contributed by atoms with Gasteiger partial charge in [-0.2, -0.15) is 0 Å². The standard InChI is InChI=1S/C11H21N3O2/c1-12-11(15)10-8-16-7-6-14(10)9-2-4-13-5-3-9/h9-10,13H,2-8H2,1H3,(H,12,15). The molecule has 0 radical (unpaired) electrons. The van der Waals surface area contributed by atoms with Gasteiger partial charge in [-0.3, -0.25) is 9.69 Å². The molecule has 1 amide bonds. The van der Waals surface area contributed by atoms with E-state index in [0.717, 1.165) is 39.1 Å². The van der Waals surface area contributed by atoms with Crippen molar-refractivity contribution in [1.29, 1.82) is 0 Å². The molecule has 2 heterocycles. The van der Waals surface area contributed by atoms with E-state index < -0.39 is 0 Å². The molecule has 2 aliphatic rings. The lowest BCUT2D eigenvalue weighted by Gasteiger charge is -2.41. The van der Waals surface area contributed by atoms with Crippen LogP contribution in [-0.4, -0.2) is 62.8 Å². The average molecular weight is 227 g/mol. The van der Waals surface area contributed by atoms with Gasteiger partial charge in [-0.15, -0.1) is 0 Å². The summed E-state index contributed by atoms with van der Waals surface area (Å²) >= 11 is 0. The fourth-order valence-corrected chi connectivity index (χ4v) is 2.58. The highest BCUT2D eigenvalue weighted by molar-refractivity contribution is 5.81. The fourth-order valence-electron chi connectivity index (χ4n) is 2.58. The zero-order valence-electron chi connectivity index (χ0n) is 9.87. The smallest absolute Gasteiger partial charge is 0.239 e. The van der Waals surface area contributed by atoms with Crippen LogP contribution < -0.4 is 10.6 Å². The highest BCUT2D eigenvalue weighted by Gasteiger charge is 2.33. The van der Waals surface area contributed by atoms with Gasteiger partial charge in [0, 0.05) is 19.6 Å². The summed E-state index contributed by atoms with van der Waals surface area (Å²) in [6, 6.07) is 0.439. The molecule has 1 unspecified atom stereocenters. The van der Waals surface area contributed by atoms with E-state index >= 15 is 0 Å². The van der Waals surface area contributed by atoms with Crippen LogP contribution in [0, 0.1) is 0 Å². The maximum atomic E-state index is 11.8. The van der Waals surface area contributed by atoms with E-state index in [1.165, 1.54) is 0 Å². The fraction of sp³-hybridized carbons (Fsp3) is 0.909. The van der Waals surface area contributed by atoms with Crippen molar-refractivity contribution in [3.05, 3.63) is 0 Å². The molecule has 0 bridgehead atoms. The number of ether oxygens (including phenoxy) is 1. The second kappa shape index (κ2) is 5.61. The number of rotatable bonds is 2. The van der Waals surface area contributed by atoms with Crippen molar-refractivity contribution >= 4 is 5.91 Å². The molecule has 92 valence electrons. The van der Waals surface area contributed by atoms with Crippen molar-refractivity contribution in [3.63, 3.8) is 0 Å². The van der Waals surface area contributed by atoms with E-state index in [1.807, 2.05) is 0 Å². The minimum atomic E-state index is -0.0955. The molecule has 0 spiro atoms. The molecule has 0 aliphatic carbocycles. The Labute approximate surface area is 96.5 Å². The highest BCUT2D eigenvalue weighted by atomic mass is 16.5. The van der Waals surface area contributed by atoms with Crippen LogP contribution in [-0.2, 0) is 9.53 Å². The molecule has 2 fully saturated rings. The summed E-state index contributed by atoms with van der Waals surface area (Å²) in [5.74, 6) is 0.0817. The second-order valence-electron chi connectivity index (χ2n) is 4.42. The number of nitrogens with zero attached hydrogens (tertiary/aromatic N) is 1. The Bertz CT molecular complexity index is 241. The molecule has 2 aliphatic heterocycles. The molecule has 16 heavy (non-hydrogen) atoms. The lowest BCUT2D eigenvalue weighted by Crippen LogP contribution is -2.58. The molecule has 0 aromatic heterocycles. The quantitative estimate of drug-likeness (QED) is 0.647. The number of carbonyl (C=O) groups excluding carboxylic acids is 1. The summed E-state index contributed by atoms with van der Waals surface area (Å²) < 4.78 is 5.41. The Morgan fingerprint density at radius 2 is 2.19 bits per heavy atom. The summed E-state index contributed by atoms with van der Waals surface area (Å²) in [5.41, 5.74) is 0. The third kappa shape index (κ3) is 2.53. The van der Waals surface area contributed by atoms with Gasteiger partial charge in [0.15, 0.2) is 0 Å². The van der Waals surface area contributed by atoms with Gasteiger partial charge in [-0.1, -0.05) is 0 Å². The van der Waals surface area contributed by atoms with Crippen LogP contribution in [0.1, 0.15) is 12.8 Å². The minimum absolute atomic E-state index is 0.0817. The molecule has 2 rings (SSSR count). The van der Waals surface area contributed by atoms with Crippen molar-refractivity contribution in [2.24, 2.45) is 0 Å². The summed E-state index contributed by atoms with van der Waals surface area (Å²) in [6.07, 6.45) is 2.26. The van der Waals surface area contributed by atoms with Gasteiger partial charge in [-0.05, 0) is 25.9 Å². The molecule has 2 N–H and O–H groups in total. The Balaban J connectivity index is 2.00. The van der Waals surface area contributed by atoms with E-state index in [9.17, 15) is 4.79 Å². The Morgan fingerprint density at radius 1 is 1.44 bits per heavy atom. The second-order valence-corrected chi connectivity index (χ2v) is 4.42. The molecule has 1 atom stereocenters. The lowest BCUT2D eigenvalue weighted by atomic mass is 10.0. The summed E-state index contributed by atoms with van der Waals surface area (Å²) in [6.45, 7) is 4.27. The van der Waals surface area contributed by atoms with Crippen molar-refractivity contribution in [1.82, 2.24) is 15.5 Å². The van der Waals surface area contributed by atoms with E-state index in [1.54, 1.807) is 7.05 Å². The van der Waals surface area contributed by atoms with Crippen LogP contribution in [0.4, 0.5) is 0 Å². The predicted molar refractivity (Wildman–Crippen MR) is 61.3 cm³/mol. The highest BCUT2D eigenvalue weighted by Crippen LogP contribution is 2.18. The Hall–Kier alpha value is -0.650. The molecule has 5 nitrogen and oxygen atoms in total. The predicted octanol–water partition coefficient (Wildman–Crippen LogP) is -0.815. The topological polar surface area (TPSA) is 53.6 Å². The average Bonchev–Trinajstić information content (AvgIpc) is 2.39. The van der Waals surface area contributed by atoms with Crippen molar-refractivity contribution in [2.45, 2.75) is 24.9 Å². The Kier molecular flexibility index (Phi) is 4.15. The normalized spacial score (nSPS) is 28.9. The van der Waals surface area contributed by atoms with Crippen LogP contribution in [0.2, 0.25) is 0 Å². The van der Waals surface area contributed by atoms with Crippen molar-refractivity contribution < 1.29 is 9.53 Å². The number of morpholine rings is 1. The van der Waals surface area contributed by atoms with Crippen LogP contribution in [0.3, 0.4) is 0 Å². The van der Waals surface area contributed by atoms with Crippen LogP contribution >= 0.6 is 0 Å². The maximum absolute atomic E-state index is 11.8. The summed E-state index contributed by atoms with van der Waals surface area (Å²) in [7, 11) is 1.69. The number of amides is 1. The maximum Gasteiger partial charge on any atom is 0.239 e. The monoisotopic (exact) mass is 227 g/mol. The number of hydrogen-bond acceptors (Lipinski definition) is 4. The van der Waals surface area contributed by atoms with Crippen molar-refractivity contribution in [3.8, 4) is 0 Å². The first-order valence-electron chi connectivity index (χ1n) is 6.08. The molecule has 2 saturated heterocycles. The first kappa shape index (κ1) is 11.8. The van der Waals surface area contributed by atoms with Gasteiger partial charge in [0.2, 0.25) is 5.91 Å². The van der Waals surface area contributed by atoms with E-state index in [-0.39, 0.29) is 11.9 Å². The number of likely N-dealkylation sites (N-methyl/N-ethyl adjacent to an activating group) is 1. The third-order valence-corrected chi connectivity index (χ3v) is 3.50. The SMILES string of the molecule is CNC(=O)C1COCCN1C1CCNCC1. The van der Waals surface area contributed by atoms with Gasteiger partial charge < -0.3 is 15.4 Å². The molecular weight excluding hydrogens is 206 g/mol. The first-order chi connectivity index (χ1) is 7.83. The summed E-state index contributed by atoms with van der Waals surface area (Å²) in [4.78, 5) is 14.1. The van der Waals surface area contributed by atoms with E-state index in [4.69, 9.17) is 4.74 Å². The molecule has 0 aromatic carbocycles. The van der Waals surface area contributed by atoms with Gasteiger partial charge >= 0.3 is 0 Å². The zero-order valence-corrected chi connectivity index (χ0v) is 9.87. The van der Waals surface area contributed by atoms with E-state index in [0.29, 0.717) is 12.6 Å². The molecule has 0 aromatic rings. The number of piperidine rings is 1. The minimum Gasteiger partial charge on any atom is -0.378 e. The van der Waals surface area contributed by atoms with Gasteiger partial charge in [0.1, 0.15) is 6.04 Å².